The first kappa shape index (κ1) is 14.4. The van der Waals surface area contributed by atoms with Crippen molar-refractivity contribution < 1.29 is 17.9 Å². The highest BCUT2D eigenvalue weighted by molar-refractivity contribution is 7.90. The fourth-order valence-electron chi connectivity index (χ4n) is 1.73. The minimum atomic E-state index is -3.97. The van der Waals surface area contributed by atoms with Crippen LogP contribution in [0.5, 0.6) is 0 Å². The van der Waals surface area contributed by atoms with Crippen molar-refractivity contribution in [2.24, 2.45) is 0 Å². The molecule has 2 N–H and O–H groups in total. The predicted molar refractivity (Wildman–Crippen MR) is 74.9 cm³/mol. The minimum absolute atomic E-state index is 0.0129. The first-order valence-electron chi connectivity index (χ1n) is 6.01. The number of benzene rings is 1. The molecule has 108 valence electrons. The predicted octanol–water partition coefficient (Wildman–Crippen LogP) is 2.38. The maximum Gasteiger partial charge on any atom is 0.421 e. The third-order valence-electron chi connectivity index (χ3n) is 2.46. The van der Waals surface area contributed by atoms with Gasteiger partial charge in [-0.3, -0.25) is 0 Å². The van der Waals surface area contributed by atoms with Crippen LogP contribution in [0.15, 0.2) is 35.4 Å². The van der Waals surface area contributed by atoms with Crippen LogP contribution in [0.2, 0.25) is 0 Å². The van der Waals surface area contributed by atoms with E-state index in [1.54, 1.807) is 45.0 Å². The monoisotopic (exact) mass is 296 g/mol. The topological polar surface area (TPSA) is 88.3 Å². The number of fused-ring (bicyclic) bond motifs is 1. The SMILES string of the molecule is CC(C)(C)OC(=O)NS(=O)(=O)c1c[nH]c2ccccc12. The van der Waals surface area contributed by atoms with Crippen LogP contribution in [-0.4, -0.2) is 25.1 Å². The molecule has 0 atom stereocenters. The number of H-pyrrole nitrogens is 1. The molecular weight excluding hydrogens is 280 g/mol. The normalized spacial score (nSPS) is 12.3. The number of amides is 1. The van der Waals surface area contributed by atoms with Gasteiger partial charge in [0.1, 0.15) is 10.5 Å². The Kier molecular flexibility index (Phi) is 3.47. The van der Waals surface area contributed by atoms with Gasteiger partial charge in [0.05, 0.1) is 0 Å². The van der Waals surface area contributed by atoms with Gasteiger partial charge in [0, 0.05) is 17.1 Å². The number of nitrogens with one attached hydrogen (secondary N) is 2. The summed E-state index contributed by atoms with van der Waals surface area (Å²) in [6.45, 7) is 4.97. The summed E-state index contributed by atoms with van der Waals surface area (Å²) < 4.78 is 31.2. The third kappa shape index (κ3) is 3.11. The molecule has 7 heteroatoms. The van der Waals surface area contributed by atoms with Crippen molar-refractivity contribution in [2.45, 2.75) is 31.3 Å². The van der Waals surface area contributed by atoms with Crippen LogP contribution in [0.4, 0.5) is 4.79 Å². The molecule has 0 aliphatic heterocycles. The summed E-state index contributed by atoms with van der Waals surface area (Å²) in [6.07, 6.45) is 0.347. The maximum absolute atomic E-state index is 12.2. The molecule has 2 aromatic rings. The van der Waals surface area contributed by atoms with Crippen molar-refractivity contribution in [2.75, 3.05) is 0 Å². The van der Waals surface area contributed by atoms with E-state index in [-0.39, 0.29) is 4.90 Å². The first-order chi connectivity index (χ1) is 9.19. The average molecular weight is 296 g/mol. The van der Waals surface area contributed by atoms with Gasteiger partial charge in [-0.15, -0.1) is 0 Å². The molecule has 6 nitrogen and oxygen atoms in total. The molecule has 0 aliphatic carbocycles. The molecule has 1 aromatic heterocycles. The van der Waals surface area contributed by atoms with Crippen LogP contribution >= 0.6 is 0 Å². The summed E-state index contributed by atoms with van der Waals surface area (Å²) in [5.41, 5.74) is -0.0862. The molecule has 0 spiro atoms. The van der Waals surface area contributed by atoms with Crippen LogP contribution in [0.25, 0.3) is 10.9 Å². The lowest BCUT2D eigenvalue weighted by Gasteiger charge is -2.19. The number of carbonyl (C=O) groups is 1. The van der Waals surface area contributed by atoms with Gasteiger partial charge in [-0.25, -0.2) is 17.9 Å². The van der Waals surface area contributed by atoms with Gasteiger partial charge in [0.25, 0.3) is 10.0 Å². The van der Waals surface area contributed by atoms with Crippen LogP contribution in [-0.2, 0) is 14.8 Å². The molecule has 20 heavy (non-hydrogen) atoms. The second kappa shape index (κ2) is 4.82. The van der Waals surface area contributed by atoms with Crippen molar-refractivity contribution in [1.29, 1.82) is 0 Å². The Hall–Kier alpha value is -2.02. The number of carbonyl (C=O) groups excluding carboxylic acids is 1. The van der Waals surface area contributed by atoms with Gasteiger partial charge in [-0.2, -0.15) is 0 Å². The van der Waals surface area contributed by atoms with E-state index in [0.29, 0.717) is 10.9 Å². The summed E-state index contributed by atoms with van der Waals surface area (Å²) in [5.74, 6) is 0. The number of aromatic amines is 1. The molecule has 1 heterocycles. The molecule has 0 unspecified atom stereocenters. The number of sulfonamides is 1. The van der Waals surface area contributed by atoms with Crippen molar-refractivity contribution in [3.05, 3.63) is 30.5 Å². The Morgan fingerprint density at radius 3 is 2.55 bits per heavy atom. The first-order valence-corrected chi connectivity index (χ1v) is 7.49. The number of hydrogen-bond acceptors (Lipinski definition) is 4. The van der Waals surface area contributed by atoms with Gasteiger partial charge in [0.2, 0.25) is 0 Å². The van der Waals surface area contributed by atoms with Crippen LogP contribution < -0.4 is 4.72 Å². The molecule has 1 aromatic carbocycles. The van der Waals surface area contributed by atoms with E-state index < -0.39 is 21.7 Å². The lowest BCUT2D eigenvalue weighted by Crippen LogP contribution is -2.36. The van der Waals surface area contributed by atoms with Crippen molar-refractivity contribution in [1.82, 2.24) is 9.71 Å². The number of rotatable bonds is 2. The Labute approximate surface area is 117 Å². The fraction of sp³-hybridized carbons (Fsp3) is 0.308. The molecule has 0 bridgehead atoms. The van der Waals surface area contributed by atoms with Crippen LogP contribution in [0.1, 0.15) is 20.8 Å². The van der Waals surface area contributed by atoms with Gasteiger partial charge in [-0.1, -0.05) is 18.2 Å². The van der Waals surface area contributed by atoms with Crippen molar-refractivity contribution >= 4 is 27.0 Å². The number of ether oxygens (including phenoxy) is 1. The zero-order chi connectivity index (χ0) is 15.0. The zero-order valence-electron chi connectivity index (χ0n) is 11.4. The summed E-state index contributed by atoms with van der Waals surface area (Å²) in [5, 5.41) is 0.517. The van der Waals surface area contributed by atoms with E-state index >= 15 is 0 Å². The summed E-state index contributed by atoms with van der Waals surface area (Å²) in [6, 6.07) is 6.93. The van der Waals surface area contributed by atoms with E-state index in [1.807, 2.05) is 4.72 Å². The highest BCUT2D eigenvalue weighted by atomic mass is 32.2. The van der Waals surface area contributed by atoms with E-state index in [0.717, 1.165) is 0 Å². The molecule has 0 aliphatic rings. The third-order valence-corrected chi connectivity index (χ3v) is 3.81. The van der Waals surface area contributed by atoms with Gasteiger partial charge >= 0.3 is 6.09 Å². The number of aromatic nitrogens is 1. The molecule has 0 saturated heterocycles. The number of para-hydroxylation sites is 1. The largest absolute Gasteiger partial charge is 0.443 e. The standard InChI is InChI=1S/C13H16N2O4S/c1-13(2,3)19-12(16)15-20(17,18)11-8-14-10-7-5-4-6-9(10)11/h4-8,14H,1-3H3,(H,15,16). The summed E-state index contributed by atoms with van der Waals surface area (Å²) in [7, 11) is -3.97. The Balaban J connectivity index is 2.29. The van der Waals surface area contributed by atoms with E-state index in [2.05, 4.69) is 4.98 Å². The molecular formula is C13H16N2O4S. The minimum Gasteiger partial charge on any atom is -0.443 e. The van der Waals surface area contributed by atoms with E-state index in [9.17, 15) is 13.2 Å². The molecule has 0 saturated carbocycles. The Morgan fingerprint density at radius 1 is 1.25 bits per heavy atom. The zero-order valence-corrected chi connectivity index (χ0v) is 12.2. The van der Waals surface area contributed by atoms with E-state index in [1.165, 1.54) is 6.20 Å². The van der Waals surface area contributed by atoms with Gasteiger partial charge < -0.3 is 9.72 Å². The second-order valence-corrected chi connectivity index (χ2v) is 6.96. The number of hydrogen-bond donors (Lipinski definition) is 2. The summed E-state index contributed by atoms with van der Waals surface area (Å²) in [4.78, 5) is 14.4. The Morgan fingerprint density at radius 2 is 1.90 bits per heavy atom. The highest BCUT2D eigenvalue weighted by Crippen LogP contribution is 2.22. The van der Waals surface area contributed by atoms with Crippen LogP contribution in [0, 0.1) is 0 Å². The van der Waals surface area contributed by atoms with Gasteiger partial charge in [0.15, 0.2) is 0 Å². The molecule has 2 rings (SSSR count). The van der Waals surface area contributed by atoms with Gasteiger partial charge in [-0.05, 0) is 26.8 Å². The maximum atomic E-state index is 12.2. The quantitative estimate of drug-likeness (QED) is 0.890. The molecule has 0 fully saturated rings. The van der Waals surface area contributed by atoms with Crippen LogP contribution in [0.3, 0.4) is 0 Å². The molecule has 1 amide bonds. The molecule has 0 radical (unpaired) electrons. The second-order valence-electron chi connectivity index (χ2n) is 5.31. The van der Waals surface area contributed by atoms with Crippen molar-refractivity contribution in [3.63, 3.8) is 0 Å². The summed E-state index contributed by atoms with van der Waals surface area (Å²) >= 11 is 0. The smallest absolute Gasteiger partial charge is 0.421 e. The fourth-order valence-corrected chi connectivity index (χ4v) is 2.78. The lowest BCUT2D eigenvalue weighted by atomic mass is 10.2. The lowest BCUT2D eigenvalue weighted by molar-refractivity contribution is 0.0570. The van der Waals surface area contributed by atoms with Crippen molar-refractivity contribution in [3.8, 4) is 0 Å². The van der Waals surface area contributed by atoms with E-state index in [4.69, 9.17) is 4.74 Å². The Bertz CT molecular complexity index is 741. The highest BCUT2D eigenvalue weighted by Gasteiger charge is 2.24. The average Bonchev–Trinajstić information content (AvgIpc) is 2.69.